The number of fused-ring (bicyclic) bond motifs is 12. The summed E-state index contributed by atoms with van der Waals surface area (Å²) in [5.41, 5.74) is 4.69. The minimum atomic E-state index is 0.646. The van der Waals surface area contributed by atoms with Crippen LogP contribution >= 0.6 is 0 Å². The van der Waals surface area contributed by atoms with Crippen molar-refractivity contribution in [3.05, 3.63) is 152 Å². The summed E-state index contributed by atoms with van der Waals surface area (Å²) in [5.74, 6) is 1.94. The summed E-state index contributed by atoms with van der Waals surface area (Å²) < 4.78 is 6.61. The Kier molecular flexibility index (Phi) is 5.54. The van der Waals surface area contributed by atoms with Crippen LogP contribution in [0.5, 0.6) is 0 Å². The predicted molar refractivity (Wildman–Crippen MR) is 193 cm³/mol. The minimum Gasteiger partial charge on any atom is -0.455 e. The van der Waals surface area contributed by atoms with Crippen LogP contribution in [0, 0.1) is 0 Å². The molecule has 0 saturated heterocycles. The zero-order valence-corrected chi connectivity index (χ0v) is 25.2. The van der Waals surface area contributed by atoms with Gasteiger partial charge < -0.3 is 4.42 Å². The number of furan rings is 1. The molecular weight excluding hydrogens is 574 g/mol. The Balaban J connectivity index is 1.35. The maximum Gasteiger partial charge on any atom is 0.164 e. The number of aromatic nitrogens is 3. The van der Waals surface area contributed by atoms with Crippen molar-refractivity contribution in [2.75, 3.05) is 0 Å². The van der Waals surface area contributed by atoms with E-state index < -0.39 is 0 Å². The fourth-order valence-corrected chi connectivity index (χ4v) is 7.19. The highest BCUT2D eigenvalue weighted by Crippen LogP contribution is 2.45. The van der Waals surface area contributed by atoms with Gasteiger partial charge in [-0.3, -0.25) is 0 Å². The number of hydrogen-bond acceptors (Lipinski definition) is 4. The van der Waals surface area contributed by atoms with Gasteiger partial charge in [0.05, 0.1) is 0 Å². The second-order valence-corrected chi connectivity index (χ2v) is 11.9. The molecule has 4 nitrogen and oxygen atoms in total. The SMILES string of the molecule is c1ccc(-c2nc(-c3ccccc3)nc(-c3cc4c5ccccc5c5c(ccc6c7ccccc7oc65)c4c4ccccc34)n2)cc1. The molecule has 0 unspecified atom stereocenters. The van der Waals surface area contributed by atoms with Crippen LogP contribution in [0.2, 0.25) is 0 Å². The van der Waals surface area contributed by atoms with E-state index in [-0.39, 0.29) is 0 Å². The Morgan fingerprint density at radius 2 is 0.851 bits per heavy atom. The summed E-state index contributed by atoms with van der Waals surface area (Å²) >= 11 is 0. The Morgan fingerprint density at radius 1 is 0.340 bits per heavy atom. The third-order valence-electron chi connectivity index (χ3n) is 9.29. The number of nitrogens with zero attached hydrogens (tertiary/aromatic N) is 3. The molecule has 0 aliphatic rings. The van der Waals surface area contributed by atoms with Crippen LogP contribution in [-0.4, -0.2) is 15.0 Å². The van der Waals surface area contributed by atoms with Crippen molar-refractivity contribution in [2.45, 2.75) is 0 Å². The van der Waals surface area contributed by atoms with Gasteiger partial charge in [0.1, 0.15) is 11.2 Å². The Bertz CT molecular complexity index is 2780. The highest BCUT2D eigenvalue weighted by Gasteiger charge is 2.21. The quantitative estimate of drug-likeness (QED) is 0.190. The molecule has 0 radical (unpaired) electrons. The summed E-state index contributed by atoms with van der Waals surface area (Å²) in [6.45, 7) is 0. The lowest BCUT2D eigenvalue weighted by Gasteiger charge is -2.16. The van der Waals surface area contributed by atoms with Gasteiger partial charge in [0.2, 0.25) is 0 Å². The van der Waals surface area contributed by atoms with E-state index in [0.717, 1.165) is 70.9 Å². The van der Waals surface area contributed by atoms with Crippen LogP contribution in [0.25, 0.3) is 99.2 Å². The molecule has 2 heterocycles. The Morgan fingerprint density at radius 3 is 1.53 bits per heavy atom. The summed E-state index contributed by atoms with van der Waals surface area (Å²) in [6.07, 6.45) is 0. The molecule has 0 N–H and O–H groups in total. The van der Waals surface area contributed by atoms with Crippen LogP contribution in [-0.2, 0) is 0 Å². The highest BCUT2D eigenvalue weighted by atomic mass is 16.3. The maximum atomic E-state index is 6.61. The average Bonchev–Trinajstić information content (AvgIpc) is 3.54. The second-order valence-electron chi connectivity index (χ2n) is 11.9. The molecule has 0 saturated carbocycles. The van der Waals surface area contributed by atoms with Gasteiger partial charge in [0.15, 0.2) is 17.5 Å². The van der Waals surface area contributed by atoms with Gasteiger partial charge in [0, 0.05) is 32.8 Å². The summed E-state index contributed by atoms with van der Waals surface area (Å²) in [4.78, 5) is 15.2. The van der Waals surface area contributed by atoms with E-state index in [1.165, 1.54) is 10.8 Å². The van der Waals surface area contributed by atoms with Gasteiger partial charge >= 0.3 is 0 Å². The van der Waals surface area contributed by atoms with Gasteiger partial charge in [-0.15, -0.1) is 0 Å². The molecule has 4 heteroatoms. The molecule has 0 aliphatic carbocycles. The van der Waals surface area contributed by atoms with Gasteiger partial charge in [-0.2, -0.15) is 0 Å². The van der Waals surface area contributed by atoms with Crippen molar-refractivity contribution < 1.29 is 4.42 Å². The second kappa shape index (κ2) is 10.1. The maximum absolute atomic E-state index is 6.61. The van der Waals surface area contributed by atoms with E-state index in [4.69, 9.17) is 19.4 Å². The molecular formula is C43H25N3O. The summed E-state index contributed by atoms with van der Waals surface area (Å²) in [6, 6.07) is 52.6. The zero-order valence-electron chi connectivity index (χ0n) is 25.2. The van der Waals surface area contributed by atoms with E-state index >= 15 is 0 Å². The zero-order chi connectivity index (χ0) is 30.9. The molecule has 0 atom stereocenters. The van der Waals surface area contributed by atoms with Crippen LogP contribution < -0.4 is 0 Å². The molecule has 10 rings (SSSR count). The van der Waals surface area contributed by atoms with Crippen molar-refractivity contribution in [3.8, 4) is 34.2 Å². The van der Waals surface area contributed by atoms with Crippen molar-refractivity contribution in [1.82, 2.24) is 15.0 Å². The number of para-hydroxylation sites is 1. The van der Waals surface area contributed by atoms with Crippen molar-refractivity contribution in [1.29, 1.82) is 0 Å². The van der Waals surface area contributed by atoms with E-state index in [1.54, 1.807) is 0 Å². The Labute approximate surface area is 269 Å². The van der Waals surface area contributed by atoms with Gasteiger partial charge in [0.25, 0.3) is 0 Å². The fraction of sp³-hybridized carbons (Fsp3) is 0. The first-order chi connectivity index (χ1) is 23.3. The van der Waals surface area contributed by atoms with Crippen LogP contribution in [0.15, 0.2) is 156 Å². The van der Waals surface area contributed by atoms with E-state index in [9.17, 15) is 0 Å². The van der Waals surface area contributed by atoms with Gasteiger partial charge in [-0.05, 0) is 55.9 Å². The molecule has 0 amide bonds. The fourth-order valence-electron chi connectivity index (χ4n) is 7.19. The topological polar surface area (TPSA) is 51.8 Å². The van der Waals surface area contributed by atoms with Gasteiger partial charge in [-0.25, -0.2) is 15.0 Å². The third kappa shape index (κ3) is 3.92. The van der Waals surface area contributed by atoms with Crippen molar-refractivity contribution in [2.24, 2.45) is 0 Å². The monoisotopic (exact) mass is 599 g/mol. The number of hydrogen-bond donors (Lipinski definition) is 0. The standard InChI is InChI=1S/C43H25N3O/c1-3-13-26(14-4-1)41-44-42(27-15-5-2-6-16-27)46-43(45-41)36-25-35-28-17-7-10-21-32(28)39-34(38(35)31-20-9-8-18-29(31)36)24-23-33-30-19-11-12-22-37(30)47-40(33)39/h1-25H. The molecule has 218 valence electrons. The number of benzene rings is 8. The molecule has 8 aromatic carbocycles. The van der Waals surface area contributed by atoms with Crippen molar-refractivity contribution in [3.63, 3.8) is 0 Å². The normalized spacial score (nSPS) is 11.8. The molecule has 0 bridgehead atoms. The van der Waals surface area contributed by atoms with Crippen LogP contribution in [0.1, 0.15) is 0 Å². The first-order valence-electron chi connectivity index (χ1n) is 15.8. The van der Waals surface area contributed by atoms with E-state index in [1.807, 2.05) is 72.8 Å². The summed E-state index contributed by atoms with van der Waals surface area (Å²) in [7, 11) is 0. The lowest BCUT2D eigenvalue weighted by Crippen LogP contribution is -2.00. The molecule has 0 fully saturated rings. The highest BCUT2D eigenvalue weighted by molar-refractivity contribution is 6.37. The lowest BCUT2D eigenvalue weighted by atomic mass is 9.88. The largest absolute Gasteiger partial charge is 0.455 e. The van der Waals surface area contributed by atoms with Crippen molar-refractivity contribution >= 4 is 65.0 Å². The molecule has 0 aliphatic heterocycles. The molecule has 0 spiro atoms. The van der Waals surface area contributed by atoms with Crippen LogP contribution in [0.3, 0.4) is 0 Å². The number of rotatable bonds is 3. The predicted octanol–water partition coefficient (Wildman–Crippen LogP) is 11.4. The van der Waals surface area contributed by atoms with E-state index in [0.29, 0.717) is 17.5 Å². The first-order valence-corrected chi connectivity index (χ1v) is 15.8. The minimum absolute atomic E-state index is 0.646. The van der Waals surface area contributed by atoms with Gasteiger partial charge in [-0.1, -0.05) is 133 Å². The van der Waals surface area contributed by atoms with E-state index in [2.05, 4.69) is 78.9 Å². The molecule has 10 aromatic rings. The first kappa shape index (κ1) is 25.9. The lowest BCUT2D eigenvalue weighted by molar-refractivity contribution is 0.673. The van der Waals surface area contributed by atoms with Crippen LogP contribution in [0.4, 0.5) is 0 Å². The Hall–Kier alpha value is -6.39. The molecule has 2 aromatic heterocycles. The smallest absolute Gasteiger partial charge is 0.164 e. The third-order valence-corrected chi connectivity index (χ3v) is 9.29. The summed E-state index contributed by atoms with van der Waals surface area (Å²) in [5, 5.41) is 11.5. The average molecular weight is 600 g/mol. The molecule has 47 heavy (non-hydrogen) atoms.